The molecule has 2 rings (SSSR count). The van der Waals surface area contributed by atoms with E-state index in [2.05, 4.69) is 5.10 Å². The lowest BCUT2D eigenvalue weighted by atomic mass is 10.2. The van der Waals surface area contributed by atoms with Crippen LogP contribution in [0.15, 0.2) is 18.2 Å². The molecule has 2 aromatic rings. The summed E-state index contributed by atoms with van der Waals surface area (Å²) in [6.07, 6.45) is -4.60. The Labute approximate surface area is 128 Å². The van der Waals surface area contributed by atoms with Crippen molar-refractivity contribution in [3.05, 3.63) is 39.5 Å². The Morgan fingerprint density at radius 3 is 2.57 bits per heavy atom. The predicted octanol–water partition coefficient (Wildman–Crippen LogP) is 3.93. The van der Waals surface area contributed by atoms with E-state index in [-0.39, 0.29) is 23.1 Å². The summed E-state index contributed by atoms with van der Waals surface area (Å²) in [4.78, 5) is 0. The minimum absolute atomic E-state index is 0.00627. The first-order valence-corrected chi connectivity index (χ1v) is 6.40. The van der Waals surface area contributed by atoms with Gasteiger partial charge in [0.05, 0.1) is 27.9 Å². The van der Waals surface area contributed by atoms with Crippen LogP contribution in [0, 0.1) is 0 Å². The van der Waals surface area contributed by atoms with Crippen LogP contribution in [0.2, 0.25) is 10.0 Å². The predicted molar refractivity (Wildman–Crippen MR) is 73.7 cm³/mol. The Morgan fingerprint density at radius 1 is 1.33 bits per heavy atom. The summed E-state index contributed by atoms with van der Waals surface area (Å²) in [5.41, 5.74) is 5.07. The molecular formula is C12H10Cl2F3N3O. The number of ether oxygens (including phenoxy) is 1. The molecule has 0 bridgehead atoms. The Bertz CT molecular complexity index is 670. The number of halogens is 5. The molecule has 0 radical (unpaired) electrons. The molecule has 114 valence electrons. The summed E-state index contributed by atoms with van der Waals surface area (Å²) in [6, 6.07) is 3.38. The molecule has 2 N–H and O–H groups in total. The van der Waals surface area contributed by atoms with E-state index in [1.54, 1.807) is 0 Å². The number of aromatic nitrogens is 2. The van der Waals surface area contributed by atoms with Gasteiger partial charge in [0.25, 0.3) is 0 Å². The van der Waals surface area contributed by atoms with E-state index in [1.807, 2.05) is 0 Å². The zero-order valence-corrected chi connectivity index (χ0v) is 12.2. The average Bonchev–Trinajstić information content (AvgIpc) is 2.69. The van der Waals surface area contributed by atoms with Crippen LogP contribution in [0.3, 0.4) is 0 Å². The van der Waals surface area contributed by atoms with Crippen LogP contribution >= 0.6 is 23.2 Å². The van der Waals surface area contributed by atoms with Gasteiger partial charge in [-0.1, -0.05) is 23.2 Å². The van der Waals surface area contributed by atoms with E-state index in [9.17, 15) is 13.2 Å². The second-order valence-electron chi connectivity index (χ2n) is 4.16. The lowest BCUT2D eigenvalue weighted by Gasteiger charge is -2.14. The molecule has 21 heavy (non-hydrogen) atoms. The fraction of sp³-hybridized carbons (Fsp3) is 0.250. The number of hydrogen-bond donors (Lipinski definition) is 1. The number of hydrogen-bond acceptors (Lipinski definition) is 3. The smallest absolute Gasteiger partial charge is 0.384 e. The van der Waals surface area contributed by atoms with Crippen molar-refractivity contribution in [1.82, 2.24) is 9.78 Å². The first-order chi connectivity index (χ1) is 9.75. The third-order valence-corrected chi connectivity index (χ3v) is 3.35. The highest BCUT2D eigenvalue weighted by Crippen LogP contribution is 2.40. The number of anilines is 1. The maximum atomic E-state index is 12.9. The van der Waals surface area contributed by atoms with E-state index in [4.69, 9.17) is 33.7 Å². The summed E-state index contributed by atoms with van der Waals surface area (Å²) in [7, 11) is 1.46. The normalized spacial score (nSPS) is 11.9. The second-order valence-corrected chi connectivity index (χ2v) is 4.95. The van der Waals surface area contributed by atoms with Gasteiger partial charge in [0.15, 0.2) is 0 Å². The molecule has 1 heterocycles. The van der Waals surface area contributed by atoms with Crippen LogP contribution in [-0.4, -0.2) is 16.9 Å². The molecule has 1 aromatic carbocycles. The first kappa shape index (κ1) is 15.9. The molecule has 4 nitrogen and oxygen atoms in total. The Balaban J connectivity index is 2.63. The molecule has 0 saturated heterocycles. The number of nitrogens with two attached hydrogens (primary N) is 1. The third-order valence-electron chi connectivity index (χ3n) is 2.66. The standard InChI is InChI=1S/C12H10Cl2F3N3O/c1-21-5-6-4-9(18)20(19-6)11-8(13)3-2-7(10(11)14)12(15,16)17/h2-4H,5,18H2,1H3. The quantitative estimate of drug-likeness (QED) is 0.921. The van der Waals surface area contributed by atoms with E-state index in [0.717, 1.165) is 16.8 Å². The van der Waals surface area contributed by atoms with Gasteiger partial charge in [0.2, 0.25) is 0 Å². The van der Waals surface area contributed by atoms with Gasteiger partial charge in [0.1, 0.15) is 11.5 Å². The van der Waals surface area contributed by atoms with Gasteiger partial charge in [-0.05, 0) is 12.1 Å². The monoisotopic (exact) mass is 339 g/mol. The van der Waals surface area contributed by atoms with Crippen molar-refractivity contribution < 1.29 is 17.9 Å². The van der Waals surface area contributed by atoms with Crippen LogP contribution in [0.25, 0.3) is 5.69 Å². The number of rotatable bonds is 3. The largest absolute Gasteiger partial charge is 0.417 e. The van der Waals surface area contributed by atoms with Gasteiger partial charge >= 0.3 is 6.18 Å². The van der Waals surface area contributed by atoms with Crippen LogP contribution in [0.1, 0.15) is 11.3 Å². The number of methoxy groups -OCH3 is 1. The van der Waals surface area contributed by atoms with Crippen molar-refractivity contribution in [3.8, 4) is 5.69 Å². The van der Waals surface area contributed by atoms with Crippen molar-refractivity contribution in [2.45, 2.75) is 12.8 Å². The molecule has 0 aliphatic carbocycles. The summed E-state index contributed by atoms with van der Waals surface area (Å²) >= 11 is 11.8. The fourth-order valence-electron chi connectivity index (χ4n) is 1.80. The number of alkyl halides is 3. The molecule has 9 heteroatoms. The average molecular weight is 340 g/mol. The van der Waals surface area contributed by atoms with Gasteiger partial charge in [0, 0.05) is 13.2 Å². The van der Waals surface area contributed by atoms with Crippen LogP contribution < -0.4 is 5.73 Å². The number of benzene rings is 1. The van der Waals surface area contributed by atoms with Crippen molar-refractivity contribution >= 4 is 29.0 Å². The van der Waals surface area contributed by atoms with Crippen LogP contribution in [0.5, 0.6) is 0 Å². The molecule has 0 saturated carbocycles. The van der Waals surface area contributed by atoms with E-state index >= 15 is 0 Å². The minimum atomic E-state index is -4.60. The molecule has 0 unspecified atom stereocenters. The van der Waals surface area contributed by atoms with E-state index < -0.39 is 16.8 Å². The van der Waals surface area contributed by atoms with Gasteiger partial charge in [-0.15, -0.1) is 0 Å². The van der Waals surface area contributed by atoms with Crippen molar-refractivity contribution in [2.24, 2.45) is 0 Å². The minimum Gasteiger partial charge on any atom is -0.384 e. The van der Waals surface area contributed by atoms with Crippen LogP contribution in [-0.2, 0) is 17.5 Å². The van der Waals surface area contributed by atoms with Crippen molar-refractivity contribution in [2.75, 3.05) is 12.8 Å². The second kappa shape index (κ2) is 5.75. The zero-order valence-electron chi connectivity index (χ0n) is 10.7. The number of nitrogen functional groups attached to an aromatic ring is 1. The highest BCUT2D eigenvalue weighted by molar-refractivity contribution is 6.38. The number of nitrogens with zero attached hydrogens (tertiary/aromatic N) is 2. The van der Waals surface area contributed by atoms with Gasteiger partial charge in [-0.2, -0.15) is 18.3 Å². The molecular weight excluding hydrogens is 330 g/mol. The molecule has 0 spiro atoms. The summed E-state index contributed by atoms with van der Waals surface area (Å²) in [6.45, 7) is 0.158. The third kappa shape index (κ3) is 3.09. The Kier molecular flexibility index (Phi) is 4.36. The molecule has 0 aliphatic rings. The summed E-state index contributed by atoms with van der Waals surface area (Å²) < 4.78 is 44.6. The molecule has 1 aromatic heterocycles. The molecule has 0 amide bonds. The summed E-state index contributed by atoms with van der Waals surface area (Å²) in [5, 5.41) is 3.49. The van der Waals surface area contributed by atoms with Crippen molar-refractivity contribution in [3.63, 3.8) is 0 Å². The van der Waals surface area contributed by atoms with Gasteiger partial charge < -0.3 is 10.5 Å². The highest BCUT2D eigenvalue weighted by atomic mass is 35.5. The highest BCUT2D eigenvalue weighted by Gasteiger charge is 2.35. The maximum absolute atomic E-state index is 12.9. The lowest BCUT2D eigenvalue weighted by Crippen LogP contribution is -2.10. The van der Waals surface area contributed by atoms with Crippen molar-refractivity contribution in [1.29, 1.82) is 0 Å². The SMILES string of the molecule is COCc1cc(N)n(-c2c(Cl)ccc(C(F)(F)F)c2Cl)n1. The lowest BCUT2D eigenvalue weighted by molar-refractivity contribution is -0.137. The van der Waals surface area contributed by atoms with E-state index in [0.29, 0.717) is 5.69 Å². The Morgan fingerprint density at radius 2 is 2.00 bits per heavy atom. The van der Waals surface area contributed by atoms with Gasteiger partial charge in [-0.25, -0.2) is 4.68 Å². The fourth-order valence-corrected chi connectivity index (χ4v) is 2.44. The molecule has 0 aliphatic heterocycles. The topological polar surface area (TPSA) is 53.1 Å². The summed E-state index contributed by atoms with van der Waals surface area (Å²) in [5.74, 6) is 0.102. The van der Waals surface area contributed by atoms with Crippen LogP contribution in [0.4, 0.5) is 19.0 Å². The maximum Gasteiger partial charge on any atom is 0.417 e. The zero-order chi connectivity index (χ0) is 15.8. The Hall–Kier alpha value is -1.44. The van der Waals surface area contributed by atoms with E-state index in [1.165, 1.54) is 13.2 Å². The molecule has 0 fully saturated rings. The first-order valence-electron chi connectivity index (χ1n) is 5.64. The van der Waals surface area contributed by atoms with Gasteiger partial charge in [-0.3, -0.25) is 0 Å². The molecule has 0 atom stereocenters.